The lowest BCUT2D eigenvalue weighted by Crippen LogP contribution is -2.44. The molecule has 4 N–H and O–H groups in total. The lowest BCUT2D eigenvalue weighted by atomic mass is 9.85. The third-order valence-corrected chi connectivity index (χ3v) is 7.46. The Labute approximate surface area is 219 Å². The van der Waals surface area contributed by atoms with Gasteiger partial charge in [-0.05, 0) is 60.7 Å². The summed E-state index contributed by atoms with van der Waals surface area (Å²) in [5, 5.41) is 12.7. The fourth-order valence-corrected chi connectivity index (χ4v) is 5.51. The van der Waals surface area contributed by atoms with Gasteiger partial charge in [0, 0.05) is 61.8 Å². The van der Waals surface area contributed by atoms with Gasteiger partial charge in [0.2, 0.25) is 11.9 Å². The smallest absolute Gasteiger partial charge is 0.393 e. The number of hydrogen-bond donors (Lipinski definition) is 3. The summed E-state index contributed by atoms with van der Waals surface area (Å²) in [5.74, 6) is -0.571. The Morgan fingerprint density at radius 1 is 1.21 bits per heavy atom. The van der Waals surface area contributed by atoms with Crippen molar-refractivity contribution in [2.24, 2.45) is 11.7 Å². The summed E-state index contributed by atoms with van der Waals surface area (Å²) in [7, 11) is 2.04. The number of aliphatic hydroxyl groups excluding tert-OH is 1. The van der Waals surface area contributed by atoms with Gasteiger partial charge in [0.05, 0.1) is 12.1 Å². The maximum atomic E-state index is 13.4. The van der Waals surface area contributed by atoms with E-state index >= 15 is 0 Å². The Morgan fingerprint density at radius 3 is 2.66 bits per heavy atom. The number of primary amides is 1. The van der Waals surface area contributed by atoms with Gasteiger partial charge in [-0.1, -0.05) is 12.1 Å². The number of likely N-dealkylation sites (N-methyl/N-ethyl adjacent to an activating group) is 1. The van der Waals surface area contributed by atoms with Crippen LogP contribution in [0, 0.1) is 5.92 Å². The molecule has 1 aromatic heterocycles. The maximum Gasteiger partial charge on any atom is 0.393 e. The largest absolute Gasteiger partial charge is 0.396 e. The van der Waals surface area contributed by atoms with Crippen molar-refractivity contribution in [3.63, 3.8) is 0 Å². The van der Waals surface area contributed by atoms with Crippen molar-refractivity contribution in [1.82, 2.24) is 14.9 Å². The number of rotatable bonds is 7. The molecule has 0 bridgehead atoms. The van der Waals surface area contributed by atoms with Gasteiger partial charge in [0.1, 0.15) is 0 Å². The zero-order valence-electron chi connectivity index (χ0n) is 21.2. The normalized spacial score (nSPS) is 19.8. The van der Waals surface area contributed by atoms with Crippen LogP contribution in [0.5, 0.6) is 0 Å². The number of alkyl halides is 3. The number of hydrogen-bond acceptors (Lipinski definition) is 7. The highest BCUT2D eigenvalue weighted by molar-refractivity contribution is 6.02. The van der Waals surface area contributed by atoms with Crippen molar-refractivity contribution in [3.05, 3.63) is 58.4 Å². The van der Waals surface area contributed by atoms with Crippen molar-refractivity contribution in [1.29, 1.82) is 0 Å². The van der Waals surface area contributed by atoms with Crippen molar-refractivity contribution in [2.45, 2.75) is 31.9 Å². The van der Waals surface area contributed by atoms with E-state index in [9.17, 15) is 23.1 Å². The molecule has 0 radical (unpaired) electrons. The molecule has 2 heterocycles. The fraction of sp³-hybridized carbons (Fsp3) is 0.444. The second kappa shape index (κ2) is 10.4. The van der Waals surface area contributed by atoms with E-state index in [1.54, 1.807) is 24.4 Å². The number of allylic oxidation sites excluding steroid dienone is 2. The molecule has 1 amide bonds. The van der Waals surface area contributed by atoms with Crippen LogP contribution in [-0.4, -0.2) is 71.9 Å². The summed E-state index contributed by atoms with van der Waals surface area (Å²) in [6.07, 6.45) is -0.357. The van der Waals surface area contributed by atoms with Crippen molar-refractivity contribution >= 4 is 28.8 Å². The Kier molecular flexibility index (Phi) is 7.15. The van der Waals surface area contributed by atoms with Gasteiger partial charge in [-0.25, -0.2) is 9.97 Å². The minimum atomic E-state index is -4.37. The number of carbonyl (C=O) groups excluding carboxylic acids is 1. The van der Waals surface area contributed by atoms with Gasteiger partial charge in [0.15, 0.2) is 0 Å². The lowest BCUT2D eigenvalue weighted by molar-refractivity contribution is -0.127. The SMILES string of the molecule is CN1CCN(c2ccc(CC(F)(F)F)c(Nc3ncc4c(n3)C3=C(CC4)C(C(N)=O)=CC3CCO)c2)CC1. The number of anilines is 3. The summed E-state index contributed by atoms with van der Waals surface area (Å²) in [5.41, 5.74) is 10.5. The third-order valence-electron chi connectivity index (χ3n) is 7.46. The molecule has 38 heavy (non-hydrogen) atoms. The topological polar surface area (TPSA) is 108 Å². The molecule has 1 aliphatic heterocycles. The van der Waals surface area contributed by atoms with Crippen LogP contribution in [0.2, 0.25) is 0 Å². The lowest BCUT2D eigenvalue weighted by Gasteiger charge is -2.34. The number of benzene rings is 1. The van der Waals surface area contributed by atoms with Crippen LogP contribution in [0.1, 0.15) is 29.7 Å². The standard InChI is InChI=1S/C27H31F3N6O2/c1-35-7-9-36(10-8-35)19-4-2-17(14-27(28,29)30)22(13-19)33-26-32-15-18-3-5-20-21(25(31)38)12-16(6-11-37)23(20)24(18)34-26/h2,4,12-13,15-16,37H,3,5-11,14H2,1H3,(H2,31,38)(H,32,33,34). The van der Waals surface area contributed by atoms with Crippen molar-refractivity contribution in [2.75, 3.05) is 50.1 Å². The van der Waals surface area contributed by atoms with Crippen LogP contribution in [0.25, 0.3) is 5.57 Å². The predicted octanol–water partition coefficient (Wildman–Crippen LogP) is 3.20. The van der Waals surface area contributed by atoms with E-state index in [0.717, 1.165) is 48.6 Å². The van der Waals surface area contributed by atoms with E-state index in [1.165, 1.54) is 6.07 Å². The number of nitrogens with two attached hydrogens (primary N) is 1. The number of piperazine rings is 1. The predicted molar refractivity (Wildman–Crippen MR) is 139 cm³/mol. The third kappa shape index (κ3) is 5.39. The molecule has 8 nitrogen and oxygen atoms in total. The van der Waals surface area contributed by atoms with Crippen LogP contribution in [0.15, 0.2) is 41.6 Å². The Balaban J connectivity index is 1.50. The summed E-state index contributed by atoms with van der Waals surface area (Å²) < 4.78 is 40.2. The number of amides is 1. The number of halogens is 3. The Hall–Kier alpha value is -3.44. The zero-order chi connectivity index (χ0) is 27.0. The first-order valence-electron chi connectivity index (χ1n) is 12.8. The molecule has 5 rings (SSSR count). The molecular formula is C27H31F3N6O2. The summed E-state index contributed by atoms with van der Waals surface area (Å²) in [6.45, 7) is 3.23. The number of fused-ring (bicyclic) bond motifs is 2. The van der Waals surface area contributed by atoms with E-state index in [-0.39, 0.29) is 24.0 Å². The first-order chi connectivity index (χ1) is 18.1. The maximum absolute atomic E-state index is 13.4. The van der Waals surface area contributed by atoms with Crippen LogP contribution in [0.4, 0.5) is 30.5 Å². The number of aliphatic hydroxyl groups is 1. The molecule has 0 spiro atoms. The molecule has 2 aromatic rings. The highest BCUT2D eigenvalue weighted by atomic mass is 19.4. The van der Waals surface area contributed by atoms with Crippen LogP contribution in [-0.2, 0) is 17.6 Å². The van der Waals surface area contributed by atoms with E-state index in [0.29, 0.717) is 36.2 Å². The molecule has 3 aliphatic rings. The number of aryl methyl sites for hydroxylation is 1. The van der Waals surface area contributed by atoms with E-state index in [1.807, 2.05) is 7.05 Å². The number of nitrogens with one attached hydrogen (secondary N) is 1. The number of aromatic nitrogens is 2. The molecule has 1 fully saturated rings. The first-order valence-corrected chi connectivity index (χ1v) is 12.8. The van der Waals surface area contributed by atoms with Gasteiger partial charge >= 0.3 is 6.18 Å². The Morgan fingerprint density at radius 2 is 1.97 bits per heavy atom. The second-order valence-corrected chi connectivity index (χ2v) is 10.1. The van der Waals surface area contributed by atoms with Crippen molar-refractivity contribution in [3.8, 4) is 0 Å². The quantitative estimate of drug-likeness (QED) is 0.507. The van der Waals surface area contributed by atoms with Gasteiger partial charge < -0.3 is 26.0 Å². The summed E-state index contributed by atoms with van der Waals surface area (Å²) in [4.78, 5) is 25.6. The highest BCUT2D eigenvalue weighted by Gasteiger charge is 2.35. The molecule has 1 aromatic carbocycles. The number of nitrogens with zero attached hydrogens (tertiary/aromatic N) is 4. The van der Waals surface area contributed by atoms with Crippen molar-refractivity contribution < 1.29 is 23.1 Å². The molecule has 1 unspecified atom stereocenters. The molecule has 1 saturated heterocycles. The zero-order valence-corrected chi connectivity index (χ0v) is 21.2. The minimum absolute atomic E-state index is 0.0740. The number of carbonyl (C=O) groups is 1. The van der Waals surface area contributed by atoms with E-state index in [4.69, 9.17) is 10.7 Å². The summed E-state index contributed by atoms with van der Waals surface area (Å²) >= 11 is 0. The van der Waals surface area contributed by atoms with Crippen LogP contribution < -0.4 is 16.0 Å². The van der Waals surface area contributed by atoms with Gasteiger partial charge in [-0.3, -0.25) is 4.79 Å². The highest BCUT2D eigenvalue weighted by Crippen LogP contribution is 2.45. The average molecular weight is 529 g/mol. The summed E-state index contributed by atoms with van der Waals surface area (Å²) in [6, 6.07) is 4.98. The van der Waals surface area contributed by atoms with Crippen LogP contribution >= 0.6 is 0 Å². The molecule has 1 atom stereocenters. The molecule has 2 aliphatic carbocycles. The minimum Gasteiger partial charge on any atom is -0.396 e. The van der Waals surface area contributed by atoms with E-state index < -0.39 is 18.5 Å². The van der Waals surface area contributed by atoms with Gasteiger partial charge in [0.25, 0.3) is 0 Å². The monoisotopic (exact) mass is 528 g/mol. The molecular weight excluding hydrogens is 497 g/mol. The van der Waals surface area contributed by atoms with Gasteiger partial charge in [-0.2, -0.15) is 13.2 Å². The first kappa shape index (κ1) is 26.2. The second-order valence-electron chi connectivity index (χ2n) is 10.1. The fourth-order valence-electron chi connectivity index (χ4n) is 5.51. The molecule has 0 saturated carbocycles. The molecule has 202 valence electrons. The van der Waals surface area contributed by atoms with Crippen LogP contribution in [0.3, 0.4) is 0 Å². The average Bonchev–Trinajstić information content (AvgIpc) is 3.24. The molecule has 11 heteroatoms. The van der Waals surface area contributed by atoms with Gasteiger partial charge in [-0.15, -0.1) is 0 Å². The van der Waals surface area contributed by atoms with E-state index in [2.05, 4.69) is 20.1 Å². The Bertz CT molecular complexity index is 1300.